The predicted molar refractivity (Wildman–Crippen MR) is 86.0 cm³/mol. The topological polar surface area (TPSA) is 55.2 Å². The van der Waals surface area contributed by atoms with Crippen molar-refractivity contribution >= 4 is 23.1 Å². The SMILES string of the molecule is C=C/C=C\C1=C(C)Sc2cc([N+](=O)[O-])ccc2N1.CC. The highest BCUT2D eigenvalue weighted by atomic mass is 32.2. The summed E-state index contributed by atoms with van der Waals surface area (Å²) in [5, 5.41) is 14.0. The van der Waals surface area contributed by atoms with Crippen LogP contribution in [0.15, 0.2) is 58.5 Å². The molecular formula is C15H18N2O2S. The number of fused-ring (bicyclic) bond motifs is 1. The Balaban J connectivity index is 0.000000956. The molecule has 1 N–H and O–H groups in total. The Hall–Kier alpha value is -2.01. The van der Waals surface area contributed by atoms with Crippen molar-refractivity contribution in [3.05, 3.63) is 63.7 Å². The van der Waals surface area contributed by atoms with E-state index in [1.807, 2.05) is 32.9 Å². The molecule has 0 saturated heterocycles. The van der Waals surface area contributed by atoms with Gasteiger partial charge >= 0.3 is 0 Å². The molecule has 0 spiro atoms. The van der Waals surface area contributed by atoms with Crippen LogP contribution in [0.4, 0.5) is 11.4 Å². The predicted octanol–water partition coefficient (Wildman–Crippen LogP) is 5.11. The summed E-state index contributed by atoms with van der Waals surface area (Å²) in [6.07, 6.45) is 5.49. The summed E-state index contributed by atoms with van der Waals surface area (Å²) in [7, 11) is 0. The summed E-state index contributed by atoms with van der Waals surface area (Å²) in [6.45, 7) is 9.60. The molecule has 0 fully saturated rings. The molecule has 0 atom stereocenters. The molecule has 0 radical (unpaired) electrons. The molecule has 0 unspecified atom stereocenters. The van der Waals surface area contributed by atoms with Crippen molar-refractivity contribution in [3.8, 4) is 0 Å². The highest BCUT2D eigenvalue weighted by Gasteiger charge is 2.17. The van der Waals surface area contributed by atoms with Gasteiger partial charge in [0, 0.05) is 27.6 Å². The molecule has 1 heterocycles. The number of non-ortho nitro benzene ring substituents is 1. The van der Waals surface area contributed by atoms with Gasteiger partial charge in [-0.15, -0.1) is 0 Å². The zero-order valence-corrected chi connectivity index (χ0v) is 12.7. The first-order chi connectivity index (χ1) is 9.61. The molecule has 0 aliphatic carbocycles. The van der Waals surface area contributed by atoms with Crippen LogP contribution >= 0.6 is 11.8 Å². The zero-order valence-electron chi connectivity index (χ0n) is 11.8. The van der Waals surface area contributed by atoms with E-state index in [9.17, 15) is 10.1 Å². The van der Waals surface area contributed by atoms with Gasteiger partial charge in [-0.2, -0.15) is 0 Å². The Morgan fingerprint density at radius 3 is 2.70 bits per heavy atom. The minimum atomic E-state index is -0.382. The highest BCUT2D eigenvalue weighted by molar-refractivity contribution is 8.03. The quantitative estimate of drug-likeness (QED) is 0.477. The van der Waals surface area contributed by atoms with Crippen molar-refractivity contribution in [2.24, 2.45) is 0 Å². The van der Waals surface area contributed by atoms with Crippen LogP contribution in [-0.2, 0) is 0 Å². The van der Waals surface area contributed by atoms with E-state index in [-0.39, 0.29) is 10.6 Å². The second kappa shape index (κ2) is 7.55. The van der Waals surface area contributed by atoms with Crippen molar-refractivity contribution in [2.75, 3.05) is 5.32 Å². The second-order valence-corrected chi connectivity index (χ2v) is 4.99. The minimum absolute atomic E-state index is 0.112. The molecule has 1 aliphatic heterocycles. The second-order valence-electron chi connectivity index (χ2n) is 3.73. The van der Waals surface area contributed by atoms with E-state index in [4.69, 9.17) is 0 Å². The minimum Gasteiger partial charge on any atom is -0.354 e. The molecule has 0 saturated carbocycles. The molecule has 5 heteroatoms. The lowest BCUT2D eigenvalue weighted by molar-refractivity contribution is -0.385. The number of nitrogens with one attached hydrogen (secondary N) is 1. The third kappa shape index (κ3) is 3.74. The number of anilines is 1. The number of allylic oxidation sites excluding steroid dienone is 4. The Kier molecular flexibility index (Phi) is 6.06. The summed E-state index contributed by atoms with van der Waals surface area (Å²) in [5.74, 6) is 0. The van der Waals surface area contributed by atoms with Gasteiger partial charge in [0.2, 0.25) is 0 Å². The molecule has 106 valence electrons. The molecule has 2 rings (SSSR count). The maximum atomic E-state index is 10.7. The van der Waals surface area contributed by atoms with Gasteiger partial charge in [-0.25, -0.2) is 0 Å². The summed E-state index contributed by atoms with van der Waals surface area (Å²) in [5.41, 5.74) is 1.99. The number of nitro benzene ring substituents is 1. The number of rotatable bonds is 3. The fourth-order valence-corrected chi connectivity index (χ4v) is 2.56. The van der Waals surface area contributed by atoms with Gasteiger partial charge in [0.15, 0.2) is 0 Å². The van der Waals surface area contributed by atoms with Gasteiger partial charge in [0.1, 0.15) is 0 Å². The van der Waals surface area contributed by atoms with Crippen LogP contribution in [0.2, 0.25) is 0 Å². The number of hydrogen-bond acceptors (Lipinski definition) is 4. The third-order valence-electron chi connectivity index (χ3n) is 2.49. The number of thioether (sulfide) groups is 1. The number of hydrogen-bond donors (Lipinski definition) is 1. The molecule has 4 nitrogen and oxygen atoms in total. The van der Waals surface area contributed by atoms with Crippen molar-refractivity contribution in [1.29, 1.82) is 0 Å². The Bertz CT molecular complexity index is 577. The van der Waals surface area contributed by atoms with Crippen LogP contribution < -0.4 is 5.32 Å². The maximum Gasteiger partial charge on any atom is 0.270 e. The van der Waals surface area contributed by atoms with Crippen molar-refractivity contribution < 1.29 is 4.92 Å². The molecule has 1 aliphatic rings. The van der Waals surface area contributed by atoms with E-state index in [0.29, 0.717) is 0 Å². The lowest BCUT2D eigenvalue weighted by atomic mass is 10.2. The van der Waals surface area contributed by atoms with Gasteiger partial charge in [0.25, 0.3) is 5.69 Å². The Labute approximate surface area is 123 Å². The van der Waals surface area contributed by atoms with E-state index >= 15 is 0 Å². The van der Waals surface area contributed by atoms with Crippen LogP contribution in [0.1, 0.15) is 20.8 Å². The van der Waals surface area contributed by atoms with Gasteiger partial charge in [-0.3, -0.25) is 10.1 Å². The largest absolute Gasteiger partial charge is 0.354 e. The Morgan fingerprint density at radius 2 is 2.10 bits per heavy atom. The first kappa shape index (κ1) is 16.0. The van der Waals surface area contributed by atoms with Crippen LogP contribution in [0.5, 0.6) is 0 Å². The van der Waals surface area contributed by atoms with Crippen LogP contribution in [-0.4, -0.2) is 4.92 Å². The first-order valence-electron chi connectivity index (χ1n) is 6.35. The summed E-state index contributed by atoms with van der Waals surface area (Å²) in [6, 6.07) is 4.82. The molecule has 20 heavy (non-hydrogen) atoms. The van der Waals surface area contributed by atoms with E-state index < -0.39 is 0 Å². The smallest absolute Gasteiger partial charge is 0.270 e. The number of benzene rings is 1. The van der Waals surface area contributed by atoms with Crippen molar-refractivity contribution in [2.45, 2.75) is 25.7 Å². The van der Waals surface area contributed by atoms with Gasteiger partial charge in [0.05, 0.1) is 10.6 Å². The summed E-state index contributed by atoms with van der Waals surface area (Å²) in [4.78, 5) is 12.3. The molecule has 0 aromatic heterocycles. The number of nitrogens with zero attached hydrogens (tertiary/aromatic N) is 1. The third-order valence-corrected chi connectivity index (χ3v) is 3.57. The van der Waals surface area contributed by atoms with Crippen molar-refractivity contribution in [1.82, 2.24) is 0 Å². The fraction of sp³-hybridized carbons (Fsp3) is 0.200. The summed E-state index contributed by atoms with van der Waals surface area (Å²) >= 11 is 1.53. The van der Waals surface area contributed by atoms with E-state index in [1.165, 1.54) is 17.8 Å². The Morgan fingerprint density at radius 1 is 1.40 bits per heavy atom. The fourth-order valence-electron chi connectivity index (χ4n) is 1.59. The van der Waals surface area contributed by atoms with Crippen LogP contribution in [0.25, 0.3) is 0 Å². The normalized spacial score (nSPS) is 13.2. The monoisotopic (exact) mass is 290 g/mol. The average Bonchev–Trinajstić information content (AvgIpc) is 2.46. The van der Waals surface area contributed by atoms with Gasteiger partial charge in [-0.05, 0) is 19.1 Å². The van der Waals surface area contributed by atoms with Crippen LogP contribution in [0.3, 0.4) is 0 Å². The standard InChI is InChI=1S/C13H12N2O2S.C2H6/c1-3-4-5-11-9(2)18-13-8-10(15(16)17)6-7-12(13)14-11;1-2/h3-8,14H,1H2,2H3;1-2H3/b5-4-;. The zero-order chi connectivity index (χ0) is 15.1. The number of nitro groups is 1. The molecular weight excluding hydrogens is 272 g/mol. The molecule has 1 aromatic rings. The van der Waals surface area contributed by atoms with Crippen LogP contribution in [0, 0.1) is 10.1 Å². The average molecular weight is 290 g/mol. The molecule has 1 aromatic carbocycles. The molecule has 0 bridgehead atoms. The van der Waals surface area contributed by atoms with Crippen molar-refractivity contribution in [3.63, 3.8) is 0 Å². The maximum absolute atomic E-state index is 10.7. The van der Waals surface area contributed by atoms with Gasteiger partial charge in [-0.1, -0.05) is 44.3 Å². The summed E-state index contributed by atoms with van der Waals surface area (Å²) < 4.78 is 0. The van der Waals surface area contributed by atoms with E-state index in [2.05, 4.69) is 11.9 Å². The van der Waals surface area contributed by atoms with E-state index in [0.717, 1.165) is 21.2 Å². The van der Waals surface area contributed by atoms with Gasteiger partial charge < -0.3 is 5.32 Å². The lowest BCUT2D eigenvalue weighted by Crippen LogP contribution is -2.05. The molecule has 0 amide bonds. The first-order valence-corrected chi connectivity index (χ1v) is 7.17. The lowest BCUT2D eigenvalue weighted by Gasteiger charge is -2.20. The van der Waals surface area contributed by atoms with E-state index in [1.54, 1.807) is 18.2 Å². The highest BCUT2D eigenvalue weighted by Crippen LogP contribution is 2.41.